The van der Waals surface area contributed by atoms with Gasteiger partial charge in [-0.2, -0.15) is 5.10 Å². The molecule has 1 aromatic carbocycles. The largest absolute Gasteiger partial charge is 0.347 e. The highest BCUT2D eigenvalue weighted by Crippen LogP contribution is 2.29. The number of amides is 1. The average Bonchev–Trinajstić information content (AvgIpc) is 3.17. The van der Waals surface area contributed by atoms with Gasteiger partial charge in [-0.15, -0.1) is 12.4 Å². The molecule has 0 spiro atoms. The first-order chi connectivity index (χ1) is 12.5. The summed E-state index contributed by atoms with van der Waals surface area (Å²) in [5.74, 6) is -0.0941. The van der Waals surface area contributed by atoms with Crippen LogP contribution in [0.5, 0.6) is 0 Å². The van der Waals surface area contributed by atoms with Gasteiger partial charge in [0.05, 0.1) is 6.04 Å². The van der Waals surface area contributed by atoms with E-state index in [4.69, 9.17) is 0 Å². The van der Waals surface area contributed by atoms with Crippen LogP contribution in [0.25, 0.3) is 0 Å². The molecular weight excluding hydrogens is 360 g/mol. The average molecular weight is 391 g/mol. The van der Waals surface area contributed by atoms with Gasteiger partial charge in [0, 0.05) is 24.2 Å². The molecule has 1 saturated heterocycles. The number of piperidine rings is 1. The molecule has 2 aromatic rings. The number of carbonyl (C=O) groups excluding carboxylic acids is 1. The van der Waals surface area contributed by atoms with E-state index < -0.39 is 0 Å². The van der Waals surface area contributed by atoms with Gasteiger partial charge in [-0.25, -0.2) is 0 Å². The highest BCUT2D eigenvalue weighted by atomic mass is 35.5. The molecule has 27 heavy (non-hydrogen) atoms. The van der Waals surface area contributed by atoms with Crippen LogP contribution < -0.4 is 10.6 Å². The molecule has 1 fully saturated rings. The quantitative estimate of drug-likeness (QED) is 0.790. The van der Waals surface area contributed by atoms with E-state index in [1.54, 1.807) is 0 Å². The van der Waals surface area contributed by atoms with Crippen molar-refractivity contribution in [2.75, 3.05) is 13.1 Å². The van der Waals surface area contributed by atoms with Crippen LogP contribution in [-0.2, 0) is 5.41 Å². The summed E-state index contributed by atoms with van der Waals surface area (Å²) in [6.07, 6.45) is 5.04. The summed E-state index contributed by atoms with van der Waals surface area (Å²) < 4.78 is 1.93. The number of hydrogen-bond acceptors (Lipinski definition) is 3. The lowest BCUT2D eigenvalue weighted by molar-refractivity contribution is 0.0910. The van der Waals surface area contributed by atoms with E-state index in [0.717, 1.165) is 32.4 Å². The Morgan fingerprint density at radius 1 is 1.33 bits per heavy atom. The number of benzene rings is 1. The van der Waals surface area contributed by atoms with Gasteiger partial charge in [0.25, 0.3) is 5.91 Å². The lowest BCUT2D eigenvalue weighted by Crippen LogP contribution is -2.47. The van der Waals surface area contributed by atoms with E-state index in [1.807, 2.05) is 35.1 Å². The number of aromatic nitrogens is 2. The lowest BCUT2D eigenvalue weighted by Gasteiger charge is -2.35. The van der Waals surface area contributed by atoms with E-state index in [0.29, 0.717) is 11.7 Å². The second-order valence-corrected chi connectivity index (χ2v) is 7.70. The van der Waals surface area contributed by atoms with E-state index >= 15 is 0 Å². The maximum Gasteiger partial charge on any atom is 0.272 e. The molecule has 2 heterocycles. The van der Waals surface area contributed by atoms with Crippen LogP contribution in [0.4, 0.5) is 0 Å². The molecule has 2 atom stereocenters. The second-order valence-electron chi connectivity index (χ2n) is 7.70. The minimum Gasteiger partial charge on any atom is -0.347 e. The first kappa shape index (κ1) is 21.5. The fraction of sp³-hybridized carbons (Fsp3) is 0.524. The Kier molecular flexibility index (Phi) is 7.45. The summed E-state index contributed by atoms with van der Waals surface area (Å²) in [7, 11) is 0. The molecule has 1 amide bonds. The molecule has 148 valence electrons. The van der Waals surface area contributed by atoms with Crippen LogP contribution in [-0.4, -0.2) is 34.8 Å². The van der Waals surface area contributed by atoms with E-state index in [2.05, 4.69) is 48.6 Å². The number of halogens is 1. The van der Waals surface area contributed by atoms with Gasteiger partial charge in [0.15, 0.2) is 0 Å². The normalized spacial score (nSPS) is 18.4. The highest BCUT2D eigenvalue weighted by molar-refractivity contribution is 5.92. The van der Waals surface area contributed by atoms with E-state index in [-0.39, 0.29) is 29.8 Å². The molecule has 1 aliphatic rings. The van der Waals surface area contributed by atoms with Crippen molar-refractivity contribution in [3.8, 4) is 0 Å². The minimum atomic E-state index is -0.151. The Labute approximate surface area is 168 Å². The van der Waals surface area contributed by atoms with Crippen molar-refractivity contribution in [2.45, 2.75) is 57.5 Å². The van der Waals surface area contributed by atoms with Crippen LogP contribution in [0.3, 0.4) is 0 Å². The summed E-state index contributed by atoms with van der Waals surface area (Å²) in [4.78, 5) is 12.8. The second kappa shape index (κ2) is 9.38. The van der Waals surface area contributed by atoms with Crippen molar-refractivity contribution >= 4 is 18.3 Å². The molecule has 5 nitrogen and oxygen atoms in total. The number of rotatable bonds is 6. The van der Waals surface area contributed by atoms with E-state index in [9.17, 15) is 4.79 Å². The third-order valence-corrected chi connectivity index (χ3v) is 5.59. The predicted octanol–water partition coefficient (Wildman–Crippen LogP) is 3.72. The molecule has 2 unspecified atom stereocenters. The van der Waals surface area contributed by atoms with Crippen molar-refractivity contribution in [2.24, 2.45) is 0 Å². The smallest absolute Gasteiger partial charge is 0.272 e. The van der Waals surface area contributed by atoms with Crippen molar-refractivity contribution in [3.63, 3.8) is 0 Å². The number of nitrogens with one attached hydrogen (secondary N) is 2. The molecule has 0 bridgehead atoms. The Balaban J connectivity index is 0.00000261. The van der Waals surface area contributed by atoms with Crippen LogP contribution >= 0.6 is 12.4 Å². The highest BCUT2D eigenvalue weighted by Gasteiger charge is 2.32. The topological polar surface area (TPSA) is 59.0 Å². The zero-order valence-electron chi connectivity index (χ0n) is 16.4. The first-order valence-electron chi connectivity index (χ1n) is 9.64. The van der Waals surface area contributed by atoms with Gasteiger partial charge >= 0.3 is 0 Å². The summed E-state index contributed by atoms with van der Waals surface area (Å²) in [5.41, 5.74) is 1.57. The molecule has 0 radical (unpaired) electrons. The van der Waals surface area contributed by atoms with Crippen LogP contribution in [0.2, 0.25) is 0 Å². The van der Waals surface area contributed by atoms with Gasteiger partial charge in [0.1, 0.15) is 5.69 Å². The lowest BCUT2D eigenvalue weighted by atomic mass is 9.76. The summed E-state index contributed by atoms with van der Waals surface area (Å²) in [5, 5.41) is 11.1. The molecule has 0 aliphatic carbocycles. The van der Waals surface area contributed by atoms with Crippen molar-refractivity contribution < 1.29 is 4.79 Å². The number of hydrogen-bond donors (Lipinski definition) is 2. The molecule has 6 heteroatoms. The Morgan fingerprint density at radius 3 is 2.70 bits per heavy atom. The van der Waals surface area contributed by atoms with Gasteiger partial charge < -0.3 is 10.6 Å². The maximum atomic E-state index is 12.8. The maximum absolute atomic E-state index is 12.8. The molecular formula is C21H31ClN4O. The Morgan fingerprint density at radius 2 is 2.07 bits per heavy atom. The summed E-state index contributed by atoms with van der Waals surface area (Å²) in [6, 6.07) is 12.6. The summed E-state index contributed by atoms with van der Waals surface area (Å²) >= 11 is 0. The standard InChI is InChI=1S/C21H30N4O.ClH/c1-4-19(21(2,3)16-9-6-5-7-10-16)23-20(26)18-12-14-25(24-18)17-11-8-13-22-15-17;/h5-7,9-10,12,14,17,19,22H,4,8,11,13,15H2,1-3H3,(H,23,26);1H. The van der Waals surface area contributed by atoms with Gasteiger partial charge in [-0.05, 0) is 37.4 Å². The Hall–Kier alpha value is -1.85. The SMILES string of the molecule is CCC(NC(=O)c1ccn(C2CCCNC2)n1)C(C)(C)c1ccccc1.Cl. The molecule has 0 saturated carbocycles. The van der Waals surface area contributed by atoms with Gasteiger partial charge in [-0.3, -0.25) is 9.48 Å². The Bertz CT molecular complexity index is 723. The van der Waals surface area contributed by atoms with Crippen molar-refractivity contribution in [1.82, 2.24) is 20.4 Å². The molecule has 1 aliphatic heterocycles. The zero-order chi connectivity index (χ0) is 18.6. The first-order valence-corrected chi connectivity index (χ1v) is 9.64. The zero-order valence-corrected chi connectivity index (χ0v) is 17.3. The predicted molar refractivity (Wildman–Crippen MR) is 112 cm³/mol. The van der Waals surface area contributed by atoms with Crippen LogP contribution in [0.1, 0.15) is 62.1 Å². The summed E-state index contributed by atoms with van der Waals surface area (Å²) in [6.45, 7) is 8.47. The fourth-order valence-electron chi connectivity index (χ4n) is 3.82. The van der Waals surface area contributed by atoms with Crippen LogP contribution in [0, 0.1) is 0 Å². The molecule has 2 N–H and O–H groups in total. The third-order valence-electron chi connectivity index (χ3n) is 5.59. The van der Waals surface area contributed by atoms with Crippen molar-refractivity contribution in [1.29, 1.82) is 0 Å². The minimum absolute atomic E-state index is 0. The number of nitrogens with zero attached hydrogens (tertiary/aromatic N) is 2. The third kappa shape index (κ3) is 4.90. The molecule has 1 aromatic heterocycles. The fourth-order valence-corrected chi connectivity index (χ4v) is 3.82. The van der Waals surface area contributed by atoms with Crippen molar-refractivity contribution in [3.05, 3.63) is 53.9 Å². The molecule has 3 rings (SSSR count). The van der Waals surface area contributed by atoms with E-state index in [1.165, 1.54) is 5.56 Å². The van der Waals surface area contributed by atoms with Crippen LogP contribution in [0.15, 0.2) is 42.6 Å². The monoisotopic (exact) mass is 390 g/mol. The van der Waals surface area contributed by atoms with Gasteiger partial charge in [0.2, 0.25) is 0 Å². The number of carbonyl (C=O) groups is 1. The van der Waals surface area contributed by atoms with Gasteiger partial charge in [-0.1, -0.05) is 51.1 Å².